The van der Waals surface area contributed by atoms with Gasteiger partial charge in [-0.15, -0.1) is 0 Å². The van der Waals surface area contributed by atoms with Crippen molar-refractivity contribution in [3.63, 3.8) is 0 Å². The minimum absolute atomic E-state index is 0. The lowest BCUT2D eigenvalue weighted by molar-refractivity contribution is -0.677. The van der Waals surface area contributed by atoms with Crippen molar-refractivity contribution in [1.29, 1.82) is 0 Å². The van der Waals surface area contributed by atoms with Crippen LogP contribution in [-0.4, -0.2) is 29.5 Å². The van der Waals surface area contributed by atoms with Gasteiger partial charge in [-0.1, -0.05) is 12.1 Å². The van der Waals surface area contributed by atoms with Crippen LogP contribution in [0.3, 0.4) is 0 Å². The number of nitrogens with one attached hydrogen (secondary N) is 1. The van der Waals surface area contributed by atoms with Crippen LogP contribution in [0.5, 0.6) is 5.75 Å². The van der Waals surface area contributed by atoms with E-state index in [9.17, 15) is 0 Å². The molecule has 0 fully saturated rings. The largest absolute Gasteiger partial charge is 1.00 e. The van der Waals surface area contributed by atoms with E-state index >= 15 is 0 Å². The van der Waals surface area contributed by atoms with Gasteiger partial charge >= 0.3 is 0 Å². The number of ether oxygens (including phenoxy) is 3. The number of H-pyrrole nitrogens is 1. The summed E-state index contributed by atoms with van der Waals surface area (Å²) in [4.78, 5) is 5.33. The minimum Gasteiger partial charge on any atom is -1.00 e. The maximum atomic E-state index is 6.15. The Labute approximate surface area is 194 Å². The van der Waals surface area contributed by atoms with E-state index in [1.165, 1.54) is 0 Å². The van der Waals surface area contributed by atoms with Crippen molar-refractivity contribution in [2.24, 2.45) is 14.1 Å². The Hall–Kier alpha value is -2.84. The highest BCUT2D eigenvalue weighted by Crippen LogP contribution is 2.32. The summed E-state index contributed by atoms with van der Waals surface area (Å²) in [6.07, 6.45) is 12.5. The van der Waals surface area contributed by atoms with Crippen LogP contribution < -0.4 is 43.6 Å². The van der Waals surface area contributed by atoms with Gasteiger partial charge in [-0.05, 0) is 12.1 Å². The highest BCUT2D eigenvalue weighted by atomic mass is 35.5. The number of hydrogen-bond acceptors (Lipinski definition) is 4. The molecule has 10 heteroatoms. The fourth-order valence-electron chi connectivity index (χ4n) is 3.32. The summed E-state index contributed by atoms with van der Waals surface area (Å²) in [5.41, 5.74) is 0.955. The summed E-state index contributed by atoms with van der Waals surface area (Å²) in [6, 6.07) is 8.02. The first-order chi connectivity index (χ1) is 14.2. The minimum atomic E-state index is 0. The molecule has 2 aromatic heterocycles. The molecular weight excluding hydrogens is 441 g/mol. The Bertz CT molecular complexity index is 989. The van der Waals surface area contributed by atoms with Gasteiger partial charge in [-0.2, -0.15) is 0 Å². The Morgan fingerprint density at radius 2 is 2.03 bits per heavy atom. The number of para-hydroxylation sites is 2. The molecule has 0 amide bonds. The van der Waals surface area contributed by atoms with E-state index in [1.54, 1.807) is 6.26 Å². The molecule has 1 aliphatic rings. The average molecular weight is 468 g/mol. The number of rotatable bonds is 9. The molecule has 1 N–H and O–H groups in total. The van der Waals surface area contributed by atoms with Crippen LogP contribution in [0.15, 0.2) is 67.5 Å². The summed E-state index contributed by atoms with van der Waals surface area (Å²) in [7, 11) is 4.03. The summed E-state index contributed by atoms with van der Waals surface area (Å²) >= 11 is 0. The zero-order valence-electron chi connectivity index (χ0n) is 17.6. The molecule has 31 heavy (non-hydrogen) atoms. The highest BCUT2D eigenvalue weighted by Gasteiger charge is 2.22. The smallest absolute Gasteiger partial charge is 0.257 e. The molecule has 0 unspecified atom stereocenters. The first kappa shape index (κ1) is 24.4. The second-order valence-electron chi connectivity index (χ2n) is 6.94. The van der Waals surface area contributed by atoms with Gasteiger partial charge < -0.3 is 43.9 Å². The van der Waals surface area contributed by atoms with Crippen molar-refractivity contribution in [3.05, 3.63) is 73.3 Å². The monoisotopic (exact) mass is 467 g/mol. The third kappa shape index (κ3) is 6.08. The second-order valence-corrected chi connectivity index (χ2v) is 6.94. The molecular formula is C21H27Cl2N5O3. The van der Waals surface area contributed by atoms with Gasteiger partial charge in [0.15, 0.2) is 0 Å². The quantitative estimate of drug-likeness (QED) is 0.322. The molecule has 1 aliphatic heterocycles. The molecule has 0 saturated carbocycles. The second kappa shape index (κ2) is 11.5. The van der Waals surface area contributed by atoms with Crippen molar-refractivity contribution >= 4 is 5.69 Å². The summed E-state index contributed by atoms with van der Waals surface area (Å²) in [5, 5.41) is 0. The van der Waals surface area contributed by atoms with Crippen LogP contribution in [0.4, 0.5) is 5.69 Å². The number of aryl methyl sites for hydroxylation is 2. The van der Waals surface area contributed by atoms with Crippen molar-refractivity contribution in [2.45, 2.75) is 13.0 Å². The summed E-state index contributed by atoms with van der Waals surface area (Å²) < 4.78 is 23.4. The Kier molecular flexibility index (Phi) is 9.08. The van der Waals surface area contributed by atoms with Crippen molar-refractivity contribution < 1.29 is 48.2 Å². The molecule has 8 nitrogen and oxygen atoms in total. The Balaban J connectivity index is 0.00000171. The predicted molar refractivity (Wildman–Crippen MR) is 106 cm³/mol. The van der Waals surface area contributed by atoms with E-state index in [-0.39, 0.29) is 31.6 Å². The van der Waals surface area contributed by atoms with Gasteiger partial charge in [-0.3, -0.25) is 0 Å². The van der Waals surface area contributed by atoms with Gasteiger partial charge in [-0.25, -0.2) is 18.7 Å². The van der Waals surface area contributed by atoms with Crippen LogP contribution in [0, 0.1) is 0 Å². The summed E-state index contributed by atoms with van der Waals surface area (Å²) in [5.74, 6) is 2.62. The number of halogens is 2. The van der Waals surface area contributed by atoms with Crippen LogP contribution in [0.25, 0.3) is 0 Å². The number of aromatic nitrogens is 4. The first-order valence-electron chi connectivity index (χ1n) is 9.67. The van der Waals surface area contributed by atoms with Gasteiger partial charge in [0.25, 0.3) is 5.82 Å². The van der Waals surface area contributed by atoms with Crippen LogP contribution in [-0.2, 0) is 36.5 Å². The lowest BCUT2D eigenvalue weighted by Gasteiger charge is -2.25. The Morgan fingerprint density at radius 1 is 1.19 bits per heavy atom. The lowest BCUT2D eigenvalue weighted by Crippen LogP contribution is -3.00. The predicted octanol–water partition coefficient (Wildman–Crippen LogP) is -4.60. The maximum Gasteiger partial charge on any atom is 0.257 e. The van der Waals surface area contributed by atoms with Gasteiger partial charge in [0.2, 0.25) is 19.0 Å². The number of benzene rings is 1. The maximum absolute atomic E-state index is 6.15. The van der Waals surface area contributed by atoms with Crippen molar-refractivity contribution in [3.8, 4) is 5.75 Å². The number of nitrogens with zero attached hydrogens (tertiary/aromatic N) is 4. The molecule has 0 spiro atoms. The van der Waals surface area contributed by atoms with Gasteiger partial charge in [0, 0.05) is 0 Å². The van der Waals surface area contributed by atoms with Gasteiger partial charge in [0.1, 0.15) is 43.3 Å². The van der Waals surface area contributed by atoms with E-state index in [1.807, 2.05) is 61.5 Å². The number of imidazole rings is 2. The van der Waals surface area contributed by atoms with E-state index in [0.717, 1.165) is 36.8 Å². The third-order valence-electron chi connectivity index (χ3n) is 4.86. The molecule has 1 aromatic carbocycles. The standard InChI is InChI=1S/C21H26N5O3.2ClH/c1-23-10-11-25(16-23)12-13-26(21-15-27-17-29-21)18-5-3-4-6-19(18)28-14-7-20-22-8-9-24(20)2;;/h3-6,8-11,15-16H,7,12-14,17H2,1-2H3;2*1H/q+1;;/p-1. The van der Waals surface area contributed by atoms with Crippen LogP contribution >= 0.6 is 0 Å². The third-order valence-corrected chi connectivity index (χ3v) is 4.86. The fraction of sp³-hybridized carbons (Fsp3) is 0.333. The van der Waals surface area contributed by atoms with Crippen molar-refractivity contribution in [2.75, 3.05) is 24.8 Å². The zero-order chi connectivity index (χ0) is 20.1. The zero-order valence-corrected chi connectivity index (χ0v) is 19.1. The normalized spacial score (nSPS) is 12.1. The molecule has 3 heterocycles. The van der Waals surface area contributed by atoms with Crippen LogP contribution in [0.1, 0.15) is 5.82 Å². The SMILES string of the molecule is C[n+]1ccn(CCN(C2=COCO2)c2ccccc2OCCc2[nH]cc[n+]2C)c1.[Cl-].[Cl-]. The van der Waals surface area contributed by atoms with E-state index in [2.05, 4.69) is 31.5 Å². The molecule has 0 radical (unpaired) electrons. The molecule has 0 bridgehead atoms. The molecule has 0 aliphatic carbocycles. The number of anilines is 1. The first-order valence-corrected chi connectivity index (χ1v) is 9.67. The molecule has 3 aromatic rings. The van der Waals surface area contributed by atoms with E-state index < -0.39 is 0 Å². The fourth-order valence-corrected chi connectivity index (χ4v) is 3.32. The molecule has 168 valence electrons. The highest BCUT2D eigenvalue weighted by molar-refractivity contribution is 5.61. The topological polar surface area (TPSA) is 59.4 Å². The summed E-state index contributed by atoms with van der Waals surface area (Å²) in [6.45, 7) is 2.32. The Morgan fingerprint density at radius 3 is 2.71 bits per heavy atom. The van der Waals surface area contributed by atoms with Crippen LogP contribution in [0.2, 0.25) is 0 Å². The van der Waals surface area contributed by atoms with E-state index in [4.69, 9.17) is 14.2 Å². The van der Waals surface area contributed by atoms with Crippen molar-refractivity contribution in [1.82, 2.24) is 9.55 Å². The number of hydrogen-bond donors (Lipinski definition) is 1. The lowest BCUT2D eigenvalue weighted by atomic mass is 10.2. The molecule has 0 saturated heterocycles. The van der Waals surface area contributed by atoms with E-state index in [0.29, 0.717) is 12.5 Å². The average Bonchev–Trinajstić information content (AvgIpc) is 3.47. The van der Waals surface area contributed by atoms with Gasteiger partial charge in [0.05, 0.1) is 39.4 Å². The number of aromatic amines is 1. The molecule has 4 rings (SSSR count). The molecule has 0 atom stereocenters.